The van der Waals surface area contributed by atoms with Crippen LogP contribution in [0.25, 0.3) is 0 Å². The number of urea groups is 1. The molecule has 0 radical (unpaired) electrons. The Labute approximate surface area is 126 Å². The number of aliphatic carboxylic acids is 2. The van der Waals surface area contributed by atoms with Crippen LogP contribution < -0.4 is 10.6 Å². The number of carbonyl (C=O) groups is 3. The van der Waals surface area contributed by atoms with E-state index in [0.717, 1.165) is 11.3 Å². The lowest BCUT2D eigenvalue weighted by Crippen LogP contribution is -2.47. The van der Waals surface area contributed by atoms with E-state index in [4.69, 9.17) is 10.2 Å². The van der Waals surface area contributed by atoms with Crippen molar-refractivity contribution < 1.29 is 24.6 Å². The van der Waals surface area contributed by atoms with E-state index >= 15 is 0 Å². The summed E-state index contributed by atoms with van der Waals surface area (Å²) in [5.41, 5.74) is 0. The average molecular weight is 314 g/mol. The largest absolute Gasteiger partial charge is 0.481 e. The topological polar surface area (TPSA) is 116 Å². The van der Waals surface area contributed by atoms with Crippen molar-refractivity contribution in [2.24, 2.45) is 0 Å². The zero-order valence-corrected chi connectivity index (χ0v) is 12.4. The van der Waals surface area contributed by atoms with Crippen molar-refractivity contribution >= 4 is 29.3 Å². The van der Waals surface area contributed by atoms with Crippen LogP contribution in [-0.2, 0) is 9.59 Å². The molecule has 1 aromatic heterocycles. The second kappa shape index (κ2) is 8.25. The van der Waals surface area contributed by atoms with Gasteiger partial charge in [0.15, 0.2) is 0 Å². The number of hydrogen-bond donors (Lipinski definition) is 4. The van der Waals surface area contributed by atoms with E-state index in [1.807, 2.05) is 24.4 Å². The molecule has 2 amide bonds. The van der Waals surface area contributed by atoms with Gasteiger partial charge in [-0.15, -0.1) is 11.3 Å². The van der Waals surface area contributed by atoms with Gasteiger partial charge < -0.3 is 20.8 Å². The lowest BCUT2D eigenvalue weighted by atomic mass is 10.1. The minimum Gasteiger partial charge on any atom is -0.481 e. The number of hydrogen-bond acceptors (Lipinski definition) is 4. The number of thiophene rings is 1. The van der Waals surface area contributed by atoms with Crippen LogP contribution in [0.5, 0.6) is 0 Å². The molecule has 0 aromatic carbocycles. The van der Waals surface area contributed by atoms with Crippen molar-refractivity contribution in [1.29, 1.82) is 0 Å². The Hall–Kier alpha value is -2.09. The Morgan fingerprint density at radius 3 is 2.48 bits per heavy atom. The third-order valence-corrected chi connectivity index (χ3v) is 3.74. The number of carboxylic acid groups (broad SMARTS) is 2. The molecule has 0 aliphatic carbocycles. The highest BCUT2D eigenvalue weighted by molar-refractivity contribution is 7.10. The normalized spacial score (nSPS) is 13.2. The molecule has 1 rings (SSSR count). The summed E-state index contributed by atoms with van der Waals surface area (Å²) in [5, 5.41) is 24.3. The average Bonchev–Trinajstić information content (AvgIpc) is 2.90. The van der Waals surface area contributed by atoms with Gasteiger partial charge in [0.1, 0.15) is 6.04 Å². The molecule has 0 aliphatic rings. The van der Waals surface area contributed by atoms with Gasteiger partial charge in [0, 0.05) is 4.88 Å². The molecule has 0 spiro atoms. The van der Waals surface area contributed by atoms with Gasteiger partial charge in [0.25, 0.3) is 0 Å². The monoisotopic (exact) mass is 314 g/mol. The predicted molar refractivity (Wildman–Crippen MR) is 77.3 cm³/mol. The van der Waals surface area contributed by atoms with Crippen molar-refractivity contribution in [3.05, 3.63) is 22.4 Å². The second-order valence-electron chi connectivity index (χ2n) is 4.46. The molecule has 21 heavy (non-hydrogen) atoms. The molecule has 0 aliphatic heterocycles. The summed E-state index contributed by atoms with van der Waals surface area (Å²) >= 11 is 1.50. The standard InChI is InChI=1S/C13H18N2O5S/c1-2-4-8(10-5-3-6-21-10)14-13(20)15-9(12(18)19)7-11(16)17/h3,5-6,8-9H,2,4,7H2,1H3,(H,16,17)(H,18,19)(H2,14,15,20)/t8?,9-/m0/s1. The first-order valence-electron chi connectivity index (χ1n) is 6.49. The van der Waals surface area contributed by atoms with Crippen LogP contribution in [0.4, 0.5) is 4.79 Å². The molecule has 0 saturated heterocycles. The Morgan fingerprint density at radius 1 is 1.29 bits per heavy atom. The fraction of sp³-hybridized carbons (Fsp3) is 0.462. The Kier molecular flexibility index (Phi) is 6.67. The van der Waals surface area contributed by atoms with E-state index < -0.39 is 30.4 Å². The number of rotatable bonds is 8. The summed E-state index contributed by atoms with van der Waals surface area (Å²) in [6.07, 6.45) is 0.894. The van der Waals surface area contributed by atoms with Crippen molar-refractivity contribution in [2.45, 2.75) is 38.3 Å². The summed E-state index contributed by atoms with van der Waals surface area (Å²) in [4.78, 5) is 34.3. The number of amides is 2. The van der Waals surface area contributed by atoms with Crippen LogP contribution in [-0.4, -0.2) is 34.2 Å². The SMILES string of the molecule is CCCC(NC(=O)N[C@@H](CC(=O)O)C(=O)O)c1cccs1. The number of nitrogens with one attached hydrogen (secondary N) is 2. The van der Waals surface area contributed by atoms with Crippen LogP contribution in [0, 0.1) is 0 Å². The third-order valence-electron chi connectivity index (χ3n) is 2.75. The zero-order valence-electron chi connectivity index (χ0n) is 11.5. The minimum absolute atomic E-state index is 0.214. The Bertz CT molecular complexity index is 489. The van der Waals surface area contributed by atoms with Crippen LogP contribution in [0.2, 0.25) is 0 Å². The fourth-order valence-electron chi connectivity index (χ4n) is 1.80. The number of carboxylic acids is 2. The second-order valence-corrected chi connectivity index (χ2v) is 5.44. The highest BCUT2D eigenvalue weighted by Gasteiger charge is 2.24. The van der Waals surface area contributed by atoms with Gasteiger partial charge in [-0.25, -0.2) is 9.59 Å². The first-order valence-corrected chi connectivity index (χ1v) is 7.37. The van der Waals surface area contributed by atoms with Gasteiger partial charge in [-0.05, 0) is 17.9 Å². The highest BCUT2D eigenvalue weighted by atomic mass is 32.1. The summed E-state index contributed by atoms with van der Waals surface area (Å²) in [6, 6.07) is 1.40. The molecular weight excluding hydrogens is 296 g/mol. The minimum atomic E-state index is -1.45. The highest BCUT2D eigenvalue weighted by Crippen LogP contribution is 2.22. The van der Waals surface area contributed by atoms with Crippen LogP contribution in [0.1, 0.15) is 37.1 Å². The van der Waals surface area contributed by atoms with Crippen molar-refractivity contribution in [3.63, 3.8) is 0 Å². The smallest absolute Gasteiger partial charge is 0.326 e. The zero-order chi connectivity index (χ0) is 15.8. The lowest BCUT2D eigenvalue weighted by molar-refractivity contribution is -0.145. The summed E-state index contributed by atoms with van der Waals surface area (Å²) in [7, 11) is 0. The Balaban J connectivity index is 2.64. The molecule has 0 fully saturated rings. The molecule has 7 nitrogen and oxygen atoms in total. The van der Waals surface area contributed by atoms with Crippen LogP contribution in [0.3, 0.4) is 0 Å². The molecule has 0 bridgehead atoms. The maximum absolute atomic E-state index is 11.8. The van der Waals surface area contributed by atoms with Crippen molar-refractivity contribution in [3.8, 4) is 0 Å². The van der Waals surface area contributed by atoms with E-state index in [-0.39, 0.29) is 6.04 Å². The first kappa shape index (κ1) is 17.0. The van der Waals surface area contributed by atoms with E-state index in [2.05, 4.69) is 10.6 Å². The van der Waals surface area contributed by atoms with Gasteiger partial charge in [-0.1, -0.05) is 19.4 Å². The van der Waals surface area contributed by atoms with Crippen LogP contribution >= 0.6 is 11.3 Å². The van der Waals surface area contributed by atoms with E-state index in [1.165, 1.54) is 11.3 Å². The lowest BCUT2D eigenvalue weighted by Gasteiger charge is -2.19. The Morgan fingerprint density at radius 2 is 2.00 bits per heavy atom. The van der Waals surface area contributed by atoms with Gasteiger partial charge in [-0.3, -0.25) is 4.79 Å². The number of carbonyl (C=O) groups excluding carboxylic acids is 1. The summed E-state index contributed by atoms with van der Waals surface area (Å²) in [6.45, 7) is 1.98. The summed E-state index contributed by atoms with van der Waals surface area (Å²) < 4.78 is 0. The summed E-state index contributed by atoms with van der Waals surface area (Å²) in [5.74, 6) is -2.67. The van der Waals surface area contributed by atoms with Crippen molar-refractivity contribution in [1.82, 2.24) is 10.6 Å². The van der Waals surface area contributed by atoms with Gasteiger partial charge in [-0.2, -0.15) is 0 Å². The predicted octanol–water partition coefficient (Wildman–Crippen LogP) is 1.82. The maximum atomic E-state index is 11.8. The van der Waals surface area contributed by atoms with Gasteiger partial charge >= 0.3 is 18.0 Å². The third kappa shape index (κ3) is 5.82. The molecule has 8 heteroatoms. The fourth-order valence-corrected chi connectivity index (χ4v) is 2.61. The molecular formula is C13H18N2O5S. The van der Waals surface area contributed by atoms with Crippen molar-refractivity contribution in [2.75, 3.05) is 0 Å². The van der Waals surface area contributed by atoms with Gasteiger partial charge in [0.2, 0.25) is 0 Å². The molecule has 2 atom stereocenters. The van der Waals surface area contributed by atoms with Gasteiger partial charge in [0.05, 0.1) is 12.5 Å². The maximum Gasteiger partial charge on any atom is 0.326 e. The molecule has 1 aromatic rings. The molecule has 4 N–H and O–H groups in total. The first-order chi connectivity index (χ1) is 9.93. The molecule has 1 unspecified atom stereocenters. The molecule has 0 saturated carbocycles. The van der Waals surface area contributed by atoms with Crippen LogP contribution in [0.15, 0.2) is 17.5 Å². The van der Waals surface area contributed by atoms with E-state index in [1.54, 1.807) is 0 Å². The van der Waals surface area contributed by atoms with E-state index in [0.29, 0.717) is 6.42 Å². The molecule has 116 valence electrons. The molecule has 1 heterocycles. The van der Waals surface area contributed by atoms with E-state index in [9.17, 15) is 14.4 Å². The quantitative estimate of drug-likeness (QED) is 0.584.